The van der Waals surface area contributed by atoms with Crippen molar-refractivity contribution in [2.75, 3.05) is 0 Å². The van der Waals surface area contributed by atoms with Gasteiger partial charge in [-0.15, -0.1) is 11.3 Å². The van der Waals surface area contributed by atoms with Crippen LogP contribution in [0, 0.1) is 0 Å². The van der Waals surface area contributed by atoms with Crippen LogP contribution in [-0.2, 0) is 5.41 Å². The Morgan fingerprint density at radius 1 is 0.435 bits per heavy atom. The van der Waals surface area contributed by atoms with E-state index in [0.717, 1.165) is 0 Å². The average molecular weight is 603 g/mol. The van der Waals surface area contributed by atoms with Crippen LogP contribution in [-0.4, -0.2) is 0 Å². The Hall–Kier alpha value is -5.24. The molecule has 0 saturated carbocycles. The first-order valence-corrected chi connectivity index (χ1v) is 16.9. The van der Waals surface area contributed by atoms with Crippen LogP contribution in [0.1, 0.15) is 25.0 Å². The van der Waals surface area contributed by atoms with Gasteiger partial charge in [-0.1, -0.05) is 147 Å². The molecule has 1 aromatic heterocycles. The molecule has 0 aliphatic heterocycles. The predicted octanol–water partition coefficient (Wildman–Crippen LogP) is 13.2. The summed E-state index contributed by atoms with van der Waals surface area (Å²) < 4.78 is 2.76. The van der Waals surface area contributed by atoms with Crippen LogP contribution in [0.25, 0.3) is 85.9 Å². The average Bonchev–Trinajstić information content (AvgIpc) is 3.60. The van der Waals surface area contributed by atoms with Gasteiger partial charge in [0.25, 0.3) is 0 Å². The van der Waals surface area contributed by atoms with E-state index in [0.29, 0.717) is 0 Å². The van der Waals surface area contributed by atoms with Crippen molar-refractivity contribution in [3.8, 4) is 33.4 Å². The molecule has 1 aliphatic carbocycles. The monoisotopic (exact) mass is 602 g/mol. The smallest absolute Gasteiger partial charge is 0.0440 e. The minimum absolute atomic E-state index is 0.160. The molecule has 0 fully saturated rings. The second kappa shape index (κ2) is 9.39. The SMILES string of the molecule is CC1(C)c2cc(-c3c4ccccc4c(-c4ccccc4)c4ccccc34)ccc2-c2c1c1ccccc1c1sc3ccccc3c21. The lowest BCUT2D eigenvalue weighted by Crippen LogP contribution is -2.15. The molecule has 0 unspecified atom stereocenters. The predicted molar refractivity (Wildman–Crippen MR) is 200 cm³/mol. The molecule has 1 heteroatoms. The largest absolute Gasteiger partial charge is 0.135 e. The third-order valence-electron chi connectivity index (χ3n) is 10.4. The number of hydrogen-bond donors (Lipinski definition) is 0. The number of benzene rings is 8. The van der Waals surface area contributed by atoms with E-state index in [9.17, 15) is 0 Å². The van der Waals surface area contributed by atoms with Crippen LogP contribution in [0.5, 0.6) is 0 Å². The zero-order valence-corrected chi connectivity index (χ0v) is 26.6. The van der Waals surface area contributed by atoms with Gasteiger partial charge >= 0.3 is 0 Å². The minimum atomic E-state index is -0.160. The summed E-state index contributed by atoms with van der Waals surface area (Å²) in [4.78, 5) is 0. The van der Waals surface area contributed by atoms with Crippen molar-refractivity contribution in [2.24, 2.45) is 0 Å². The molecule has 216 valence electrons. The molecular formula is C45H30S. The van der Waals surface area contributed by atoms with Gasteiger partial charge in [-0.2, -0.15) is 0 Å². The number of hydrogen-bond acceptors (Lipinski definition) is 1. The van der Waals surface area contributed by atoms with Gasteiger partial charge in [-0.05, 0) is 89.0 Å². The van der Waals surface area contributed by atoms with E-state index in [2.05, 4.69) is 159 Å². The number of thiophene rings is 1. The van der Waals surface area contributed by atoms with Crippen molar-refractivity contribution >= 4 is 63.8 Å². The van der Waals surface area contributed by atoms with Crippen LogP contribution in [0.2, 0.25) is 0 Å². The first-order valence-electron chi connectivity index (χ1n) is 16.1. The van der Waals surface area contributed by atoms with Crippen LogP contribution in [0.3, 0.4) is 0 Å². The molecular weight excluding hydrogens is 573 g/mol. The summed E-state index contributed by atoms with van der Waals surface area (Å²) in [6, 6.07) is 54.2. The zero-order valence-electron chi connectivity index (χ0n) is 25.8. The van der Waals surface area contributed by atoms with Gasteiger partial charge in [-0.25, -0.2) is 0 Å². The van der Waals surface area contributed by atoms with E-state index in [-0.39, 0.29) is 5.41 Å². The Kier molecular flexibility index (Phi) is 5.31. The van der Waals surface area contributed by atoms with Gasteiger partial charge in [0.05, 0.1) is 0 Å². The molecule has 46 heavy (non-hydrogen) atoms. The molecule has 0 N–H and O–H groups in total. The second-order valence-corrected chi connectivity index (χ2v) is 14.2. The molecule has 0 atom stereocenters. The molecule has 10 rings (SSSR count). The third-order valence-corrected chi connectivity index (χ3v) is 11.6. The Labute approximate surface area is 272 Å². The second-order valence-electron chi connectivity index (χ2n) is 13.2. The van der Waals surface area contributed by atoms with Gasteiger partial charge in [0.2, 0.25) is 0 Å². The molecule has 0 radical (unpaired) electrons. The Balaban J connectivity index is 1.31. The maximum atomic E-state index is 2.51. The molecule has 1 aliphatic rings. The fourth-order valence-corrected chi connectivity index (χ4v) is 9.73. The topological polar surface area (TPSA) is 0 Å². The van der Waals surface area contributed by atoms with Crippen molar-refractivity contribution in [3.63, 3.8) is 0 Å². The normalized spacial score (nSPS) is 13.6. The van der Waals surface area contributed by atoms with Crippen LogP contribution in [0.4, 0.5) is 0 Å². The van der Waals surface area contributed by atoms with Crippen molar-refractivity contribution in [1.82, 2.24) is 0 Å². The quantitative estimate of drug-likeness (QED) is 0.173. The van der Waals surface area contributed by atoms with E-state index in [1.807, 2.05) is 11.3 Å². The van der Waals surface area contributed by atoms with Crippen LogP contribution >= 0.6 is 11.3 Å². The van der Waals surface area contributed by atoms with Gasteiger partial charge in [0.1, 0.15) is 0 Å². The highest BCUT2D eigenvalue weighted by atomic mass is 32.1. The van der Waals surface area contributed by atoms with Crippen molar-refractivity contribution in [2.45, 2.75) is 19.3 Å². The summed E-state index contributed by atoms with van der Waals surface area (Å²) in [6.07, 6.45) is 0. The summed E-state index contributed by atoms with van der Waals surface area (Å²) in [5.74, 6) is 0. The highest BCUT2D eigenvalue weighted by Crippen LogP contribution is 2.58. The lowest BCUT2D eigenvalue weighted by Gasteiger charge is -2.24. The first kappa shape index (κ1) is 26.0. The summed E-state index contributed by atoms with van der Waals surface area (Å²) >= 11 is 1.93. The van der Waals surface area contributed by atoms with Gasteiger partial charge in [0, 0.05) is 25.6 Å². The van der Waals surface area contributed by atoms with Crippen molar-refractivity contribution in [3.05, 3.63) is 157 Å². The molecule has 9 aromatic rings. The zero-order chi connectivity index (χ0) is 30.6. The highest BCUT2D eigenvalue weighted by Gasteiger charge is 2.39. The van der Waals surface area contributed by atoms with Crippen molar-refractivity contribution < 1.29 is 0 Å². The summed E-state index contributed by atoms with van der Waals surface area (Å²) in [7, 11) is 0. The minimum Gasteiger partial charge on any atom is -0.135 e. The summed E-state index contributed by atoms with van der Waals surface area (Å²) in [5.41, 5.74) is 10.7. The molecule has 0 spiro atoms. The maximum absolute atomic E-state index is 2.51. The van der Waals surface area contributed by atoms with E-state index in [1.54, 1.807) is 0 Å². The third kappa shape index (κ3) is 3.39. The number of rotatable bonds is 2. The van der Waals surface area contributed by atoms with Crippen LogP contribution in [0.15, 0.2) is 146 Å². The standard InChI is InChI=1S/C45H30S/c1-45(2)37-26-28(40-31-18-8-6-16-29(31)39(27-14-4-3-5-15-27)30-17-7-9-19-32(30)40)24-25-35(37)41-42-36-22-12-13-23-38(36)46-44(42)34-21-11-10-20-33(34)43(41)45/h3-26H,1-2H3. The van der Waals surface area contributed by atoms with Gasteiger partial charge < -0.3 is 0 Å². The first-order chi connectivity index (χ1) is 22.6. The van der Waals surface area contributed by atoms with Crippen molar-refractivity contribution in [1.29, 1.82) is 0 Å². The molecule has 0 amide bonds. The molecule has 1 heterocycles. The fourth-order valence-electron chi connectivity index (χ4n) is 8.49. The van der Waals surface area contributed by atoms with E-state index in [1.165, 1.54) is 97.0 Å². The Morgan fingerprint density at radius 3 is 1.61 bits per heavy atom. The van der Waals surface area contributed by atoms with Gasteiger partial charge in [-0.3, -0.25) is 0 Å². The highest BCUT2D eigenvalue weighted by molar-refractivity contribution is 7.26. The van der Waals surface area contributed by atoms with Crippen LogP contribution < -0.4 is 0 Å². The summed E-state index contributed by atoms with van der Waals surface area (Å²) in [5, 5.41) is 10.7. The van der Waals surface area contributed by atoms with E-state index >= 15 is 0 Å². The van der Waals surface area contributed by atoms with Gasteiger partial charge in [0.15, 0.2) is 0 Å². The fraction of sp³-hybridized carbons (Fsp3) is 0.0667. The summed E-state index contributed by atoms with van der Waals surface area (Å²) in [6.45, 7) is 4.87. The lowest BCUT2D eigenvalue weighted by atomic mass is 9.78. The molecule has 8 aromatic carbocycles. The Bertz CT molecular complexity index is 2650. The Morgan fingerprint density at radius 2 is 0.957 bits per heavy atom. The van der Waals surface area contributed by atoms with E-state index in [4.69, 9.17) is 0 Å². The molecule has 0 bridgehead atoms. The molecule has 0 saturated heterocycles. The number of fused-ring (bicyclic) bond motifs is 12. The maximum Gasteiger partial charge on any atom is 0.0440 e. The molecule has 0 nitrogen and oxygen atoms in total. The lowest BCUT2D eigenvalue weighted by molar-refractivity contribution is 0.667. The van der Waals surface area contributed by atoms with E-state index < -0.39 is 0 Å².